The first-order valence-corrected chi connectivity index (χ1v) is 14.0. The second kappa shape index (κ2) is 11.3. The summed E-state index contributed by atoms with van der Waals surface area (Å²) in [6.07, 6.45) is 0.201. The lowest BCUT2D eigenvalue weighted by Crippen LogP contribution is -2.48. The molecule has 1 heterocycles. The standard InChI is InChI=1S/C26H32F3N3O4S/c1-19(25(33)30-21-7-3-2-4-8-21)36-23-10-12-24(13-11-23)37(34,35)32-16-14-31(15-17-32)22-9-5-6-20(18-22)26(27,28)29/h5-6,9-13,18-19,21H,2-4,7-8,14-17H2,1H3,(H,30,33)/t19-/m1/s1. The Labute approximate surface area is 215 Å². The number of benzene rings is 2. The van der Waals surface area contributed by atoms with Crippen molar-refractivity contribution < 1.29 is 31.1 Å². The molecule has 2 aromatic rings. The Morgan fingerprint density at radius 3 is 2.27 bits per heavy atom. The van der Waals surface area contributed by atoms with Crippen LogP contribution in [0, 0.1) is 0 Å². The molecule has 37 heavy (non-hydrogen) atoms. The van der Waals surface area contributed by atoms with Crippen LogP contribution in [0.5, 0.6) is 5.75 Å². The van der Waals surface area contributed by atoms with E-state index in [0.717, 1.165) is 37.8 Å². The van der Waals surface area contributed by atoms with Crippen LogP contribution in [-0.4, -0.2) is 57.0 Å². The van der Waals surface area contributed by atoms with Crippen molar-refractivity contribution in [1.82, 2.24) is 9.62 Å². The van der Waals surface area contributed by atoms with Crippen molar-refractivity contribution in [1.29, 1.82) is 0 Å². The molecule has 7 nitrogen and oxygen atoms in total. The molecule has 0 bridgehead atoms. The second-order valence-electron chi connectivity index (χ2n) is 9.51. The zero-order valence-electron chi connectivity index (χ0n) is 20.7. The van der Waals surface area contributed by atoms with Gasteiger partial charge in [-0.05, 0) is 62.2 Å². The van der Waals surface area contributed by atoms with Crippen molar-refractivity contribution in [3.63, 3.8) is 0 Å². The Morgan fingerprint density at radius 1 is 1.00 bits per heavy atom. The van der Waals surface area contributed by atoms with Crippen LogP contribution < -0.4 is 15.0 Å². The van der Waals surface area contributed by atoms with E-state index in [0.29, 0.717) is 11.4 Å². The van der Waals surface area contributed by atoms with Gasteiger partial charge in [-0.3, -0.25) is 4.79 Å². The van der Waals surface area contributed by atoms with Crippen molar-refractivity contribution in [2.45, 2.75) is 62.2 Å². The summed E-state index contributed by atoms with van der Waals surface area (Å²) < 4.78 is 72.4. The molecule has 1 atom stereocenters. The van der Waals surface area contributed by atoms with E-state index in [1.165, 1.54) is 41.1 Å². The van der Waals surface area contributed by atoms with Gasteiger partial charge in [0.1, 0.15) is 5.75 Å². The van der Waals surface area contributed by atoms with Gasteiger partial charge in [-0.25, -0.2) is 8.42 Å². The molecule has 0 aromatic heterocycles. The van der Waals surface area contributed by atoms with Crippen LogP contribution in [0.2, 0.25) is 0 Å². The highest BCUT2D eigenvalue weighted by Crippen LogP contribution is 2.32. The van der Waals surface area contributed by atoms with Gasteiger partial charge in [0.15, 0.2) is 6.10 Å². The zero-order chi connectivity index (χ0) is 26.6. The summed E-state index contributed by atoms with van der Waals surface area (Å²) in [6.45, 7) is 2.50. The van der Waals surface area contributed by atoms with Gasteiger partial charge in [0.25, 0.3) is 5.91 Å². The van der Waals surface area contributed by atoms with Gasteiger partial charge in [-0.1, -0.05) is 25.3 Å². The lowest BCUT2D eigenvalue weighted by molar-refractivity contribution is -0.137. The largest absolute Gasteiger partial charge is 0.481 e. The number of carbonyl (C=O) groups is 1. The lowest BCUT2D eigenvalue weighted by atomic mass is 9.95. The first-order valence-electron chi connectivity index (χ1n) is 12.5. The van der Waals surface area contributed by atoms with Crippen LogP contribution in [0.15, 0.2) is 53.4 Å². The summed E-state index contributed by atoms with van der Waals surface area (Å²) in [5, 5.41) is 3.02. The summed E-state index contributed by atoms with van der Waals surface area (Å²) >= 11 is 0. The van der Waals surface area contributed by atoms with Crippen molar-refractivity contribution in [3.05, 3.63) is 54.1 Å². The Hall–Kier alpha value is -2.79. The normalized spacial score (nSPS) is 18.9. The third-order valence-electron chi connectivity index (χ3n) is 6.87. The van der Waals surface area contributed by atoms with Crippen molar-refractivity contribution in [3.8, 4) is 5.75 Å². The van der Waals surface area contributed by atoms with E-state index in [1.807, 2.05) is 0 Å². The second-order valence-corrected chi connectivity index (χ2v) is 11.5. The van der Waals surface area contributed by atoms with E-state index in [-0.39, 0.29) is 43.0 Å². The maximum atomic E-state index is 13.1. The molecule has 1 aliphatic carbocycles. The molecule has 2 aromatic carbocycles. The molecule has 11 heteroatoms. The van der Waals surface area contributed by atoms with Gasteiger partial charge in [0, 0.05) is 37.9 Å². The van der Waals surface area contributed by atoms with Crippen molar-refractivity contribution in [2.75, 3.05) is 31.1 Å². The van der Waals surface area contributed by atoms with Gasteiger partial charge in [0.2, 0.25) is 10.0 Å². The molecule has 2 fully saturated rings. The number of carbonyl (C=O) groups excluding carboxylic acids is 1. The summed E-state index contributed by atoms with van der Waals surface area (Å²) in [6, 6.07) is 11.1. The fourth-order valence-electron chi connectivity index (χ4n) is 4.73. The maximum Gasteiger partial charge on any atom is 0.416 e. The highest BCUT2D eigenvalue weighted by molar-refractivity contribution is 7.89. The van der Waals surface area contributed by atoms with Gasteiger partial charge >= 0.3 is 6.18 Å². The van der Waals surface area contributed by atoms with Crippen LogP contribution in [0.4, 0.5) is 18.9 Å². The van der Waals surface area contributed by atoms with Crippen LogP contribution in [0.3, 0.4) is 0 Å². The molecule has 1 saturated heterocycles. The van der Waals surface area contributed by atoms with E-state index in [2.05, 4.69) is 5.32 Å². The molecule has 0 spiro atoms. The quantitative estimate of drug-likeness (QED) is 0.563. The molecule has 0 unspecified atom stereocenters. The molecule has 202 valence electrons. The number of rotatable bonds is 7. The number of anilines is 1. The number of piperazine rings is 1. The Kier molecular flexibility index (Phi) is 8.33. The van der Waals surface area contributed by atoms with E-state index in [4.69, 9.17) is 4.74 Å². The van der Waals surface area contributed by atoms with Crippen molar-refractivity contribution >= 4 is 21.6 Å². The van der Waals surface area contributed by atoms with E-state index in [1.54, 1.807) is 17.9 Å². The van der Waals surface area contributed by atoms with E-state index in [9.17, 15) is 26.4 Å². The Morgan fingerprint density at radius 2 is 1.65 bits per heavy atom. The maximum absolute atomic E-state index is 13.1. The molecular weight excluding hydrogens is 507 g/mol. The minimum absolute atomic E-state index is 0.0895. The SMILES string of the molecule is C[C@@H](Oc1ccc(S(=O)(=O)N2CCN(c3cccc(C(F)(F)F)c3)CC2)cc1)C(=O)NC1CCCCC1. The fraction of sp³-hybridized carbons (Fsp3) is 0.500. The van der Waals surface area contributed by atoms with Crippen LogP contribution in [-0.2, 0) is 21.0 Å². The molecule has 1 saturated carbocycles. The number of sulfonamides is 1. The molecule has 1 amide bonds. The van der Waals surface area contributed by atoms with Gasteiger partial charge in [-0.2, -0.15) is 17.5 Å². The van der Waals surface area contributed by atoms with Crippen LogP contribution in [0.1, 0.15) is 44.6 Å². The lowest BCUT2D eigenvalue weighted by Gasteiger charge is -2.35. The minimum Gasteiger partial charge on any atom is -0.481 e. The number of amides is 1. The minimum atomic E-state index is -4.44. The number of nitrogens with one attached hydrogen (secondary N) is 1. The summed E-state index contributed by atoms with van der Waals surface area (Å²) in [4.78, 5) is 14.3. The number of nitrogens with zero attached hydrogens (tertiary/aromatic N) is 2. The smallest absolute Gasteiger partial charge is 0.416 e. The molecular formula is C26H32F3N3O4S. The number of halogens is 3. The van der Waals surface area contributed by atoms with Gasteiger partial charge in [0.05, 0.1) is 10.5 Å². The summed E-state index contributed by atoms with van der Waals surface area (Å²) in [5.41, 5.74) is -0.321. The predicted molar refractivity (Wildman–Crippen MR) is 134 cm³/mol. The number of hydrogen-bond acceptors (Lipinski definition) is 5. The summed E-state index contributed by atoms with van der Waals surface area (Å²) in [5.74, 6) is 0.196. The Balaban J connectivity index is 1.33. The molecule has 1 aliphatic heterocycles. The van der Waals surface area contributed by atoms with Gasteiger partial charge < -0.3 is 15.0 Å². The zero-order valence-corrected chi connectivity index (χ0v) is 21.5. The molecule has 4 rings (SSSR count). The van der Waals surface area contributed by atoms with Crippen LogP contribution >= 0.6 is 0 Å². The number of hydrogen-bond donors (Lipinski definition) is 1. The topological polar surface area (TPSA) is 79.0 Å². The average molecular weight is 540 g/mol. The predicted octanol–water partition coefficient (Wildman–Crippen LogP) is 4.43. The first-order chi connectivity index (χ1) is 17.5. The first kappa shape index (κ1) is 27.3. The molecule has 0 radical (unpaired) electrons. The van der Waals surface area contributed by atoms with Gasteiger partial charge in [-0.15, -0.1) is 0 Å². The Bertz CT molecular complexity index is 1170. The van der Waals surface area contributed by atoms with E-state index >= 15 is 0 Å². The monoisotopic (exact) mass is 539 g/mol. The third-order valence-corrected chi connectivity index (χ3v) is 8.79. The molecule has 2 aliphatic rings. The third kappa shape index (κ3) is 6.75. The molecule has 1 N–H and O–H groups in total. The average Bonchev–Trinajstić information content (AvgIpc) is 2.89. The number of alkyl halides is 3. The number of ether oxygens (including phenoxy) is 1. The highest BCUT2D eigenvalue weighted by atomic mass is 32.2. The van der Waals surface area contributed by atoms with Crippen LogP contribution in [0.25, 0.3) is 0 Å². The highest BCUT2D eigenvalue weighted by Gasteiger charge is 2.32. The fourth-order valence-corrected chi connectivity index (χ4v) is 6.15. The van der Waals surface area contributed by atoms with Crippen molar-refractivity contribution in [2.24, 2.45) is 0 Å². The van der Waals surface area contributed by atoms with E-state index < -0.39 is 27.9 Å². The summed E-state index contributed by atoms with van der Waals surface area (Å²) in [7, 11) is -3.79.